The van der Waals surface area contributed by atoms with E-state index in [0.717, 1.165) is 0 Å². The summed E-state index contributed by atoms with van der Waals surface area (Å²) < 4.78 is 15.3. The van der Waals surface area contributed by atoms with Crippen molar-refractivity contribution in [2.24, 2.45) is 0 Å². The van der Waals surface area contributed by atoms with Crippen LogP contribution in [0.25, 0.3) is 11.1 Å². The van der Waals surface area contributed by atoms with E-state index in [2.05, 4.69) is 4.98 Å². The highest BCUT2D eigenvalue weighted by Crippen LogP contribution is 2.26. The highest BCUT2D eigenvalue weighted by molar-refractivity contribution is 5.92. The first-order valence-electron chi connectivity index (χ1n) is 4.86. The highest BCUT2D eigenvalue weighted by Gasteiger charge is 2.16. The number of aromatic nitrogens is 1. The van der Waals surface area contributed by atoms with Crippen molar-refractivity contribution in [2.75, 3.05) is 13.7 Å². The first-order valence-corrected chi connectivity index (χ1v) is 4.86. The molecule has 0 spiro atoms. The van der Waals surface area contributed by atoms with E-state index in [-0.39, 0.29) is 5.76 Å². The lowest BCUT2D eigenvalue weighted by Crippen LogP contribution is -2.02. The molecule has 0 unspecified atom stereocenters. The summed E-state index contributed by atoms with van der Waals surface area (Å²) in [6.45, 7) is 2.04. The van der Waals surface area contributed by atoms with Crippen molar-refractivity contribution in [2.45, 2.75) is 6.92 Å². The fraction of sp³-hybridized carbons (Fsp3) is 0.273. The zero-order valence-electron chi connectivity index (χ0n) is 9.02. The molecule has 2 aromatic rings. The van der Waals surface area contributed by atoms with Crippen molar-refractivity contribution in [3.05, 3.63) is 24.1 Å². The van der Waals surface area contributed by atoms with Crippen molar-refractivity contribution in [1.29, 1.82) is 0 Å². The van der Waals surface area contributed by atoms with Gasteiger partial charge in [-0.3, -0.25) is 4.98 Å². The Balaban J connectivity index is 2.47. The number of esters is 1. The van der Waals surface area contributed by atoms with E-state index < -0.39 is 5.97 Å². The third-order valence-corrected chi connectivity index (χ3v) is 2.07. The van der Waals surface area contributed by atoms with E-state index in [4.69, 9.17) is 13.9 Å². The van der Waals surface area contributed by atoms with E-state index in [1.165, 1.54) is 13.2 Å². The highest BCUT2D eigenvalue weighted by atomic mass is 16.5. The van der Waals surface area contributed by atoms with Crippen LogP contribution < -0.4 is 4.74 Å². The van der Waals surface area contributed by atoms with Gasteiger partial charge in [-0.05, 0) is 6.92 Å². The standard InChI is InChI=1S/C11H11NO4/c1-3-15-11(13)9-6-7-10(16-9)8(14-2)4-5-12-7/h4-6H,3H2,1-2H3. The lowest BCUT2D eigenvalue weighted by Gasteiger charge is -1.98. The number of nitrogens with zero attached hydrogens (tertiary/aromatic N) is 1. The molecule has 0 aliphatic carbocycles. The molecule has 84 valence electrons. The molecule has 0 amide bonds. The van der Waals surface area contributed by atoms with Gasteiger partial charge in [0.05, 0.1) is 13.7 Å². The van der Waals surface area contributed by atoms with Gasteiger partial charge in [0, 0.05) is 18.3 Å². The van der Waals surface area contributed by atoms with Gasteiger partial charge in [0.1, 0.15) is 5.52 Å². The molecule has 0 aliphatic rings. The molecule has 0 fully saturated rings. The fourth-order valence-electron chi connectivity index (χ4n) is 1.38. The van der Waals surface area contributed by atoms with Crippen LogP contribution in [0.1, 0.15) is 17.5 Å². The summed E-state index contributed by atoms with van der Waals surface area (Å²) in [5, 5.41) is 0. The summed E-state index contributed by atoms with van der Waals surface area (Å²) in [6, 6.07) is 3.20. The minimum absolute atomic E-state index is 0.133. The van der Waals surface area contributed by atoms with Crippen molar-refractivity contribution in [3.8, 4) is 5.75 Å². The first kappa shape index (κ1) is 10.5. The SMILES string of the molecule is CCOC(=O)c1cc2nccc(OC)c2o1. The van der Waals surface area contributed by atoms with Crippen LogP contribution in [0.2, 0.25) is 0 Å². The lowest BCUT2D eigenvalue weighted by atomic mass is 10.3. The van der Waals surface area contributed by atoms with Crippen LogP contribution in [0.4, 0.5) is 0 Å². The molecule has 0 atom stereocenters. The number of methoxy groups -OCH3 is 1. The van der Waals surface area contributed by atoms with Crippen molar-refractivity contribution in [1.82, 2.24) is 4.98 Å². The van der Waals surface area contributed by atoms with Crippen LogP contribution in [-0.2, 0) is 4.74 Å². The van der Waals surface area contributed by atoms with E-state index in [1.807, 2.05) is 0 Å². The molecule has 2 heterocycles. The van der Waals surface area contributed by atoms with Crippen molar-refractivity contribution >= 4 is 17.1 Å². The van der Waals surface area contributed by atoms with Crippen LogP contribution in [0, 0.1) is 0 Å². The number of carbonyl (C=O) groups excluding carboxylic acids is 1. The summed E-state index contributed by atoms with van der Waals surface area (Å²) in [6.07, 6.45) is 1.59. The number of hydrogen-bond donors (Lipinski definition) is 0. The second-order valence-electron chi connectivity index (χ2n) is 3.06. The number of carbonyl (C=O) groups is 1. The predicted octanol–water partition coefficient (Wildman–Crippen LogP) is 2.01. The zero-order valence-corrected chi connectivity index (χ0v) is 9.02. The molecule has 0 saturated carbocycles. The Kier molecular flexibility index (Phi) is 2.76. The van der Waals surface area contributed by atoms with Crippen LogP contribution >= 0.6 is 0 Å². The molecule has 5 heteroatoms. The zero-order chi connectivity index (χ0) is 11.5. The summed E-state index contributed by atoms with van der Waals surface area (Å²) in [5.41, 5.74) is 1.02. The monoisotopic (exact) mass is 221 g/mol. The fourth-order valence-corrected chi connectivity index (χ4v) is 1.38. The molecule has 0 radical (unpaired) electrons. The Morgan fingerprint density at radius 3 is 3.06 bits per heavy atom. The van der Waals surface area contributed by atoms with Crippen molar-refractivity contribution < 1.29 is 18.7 Å². The van der Waals surface area contributed by atoms with Gasteiger partial charge in [-0.1, -0.05) is 0 Å². The molecule has 0 aromatic carbocycles. The molecular weight excluding hydrogens is 210 g/mol. The summed E-state index contributed by atoms with van der Waals surface area (Å²) in [5.74, 6) is 0.178. The normalized spacial score (nSPS) is 10.4. The van der Waals surface area contributed by atoms with E-state index >= 15 is 0 Å². The molecule has 5 nitrogen and oxygen atoms in total. The van der Waals surface area contributed by atoms with Gasteiger partial charge < -0.3 is 13.9 Å². The van der Waals surface area contributed by atoms with Gasteiger partial charge in [0.2, 0.25) is 5.76 Å². The van der Waals surface area contributed by atoms with Gasteiger partial charge in [0.25, 0.3) is 0 Å². The summed E-state index contributed by atoms with van der Waals surface area (Å²) >= 11 is 0. The summed E-state index contributed by atoms with van der Waals surface area (Å²) in [4.78, 5) is 15.5. The largest absolute Gasteiger partial charge is 0.493 e. The van der Waals surface area contributed by atoms with Crippen LogP contribution in [0.3, 0.4) is 0 Å². The Labute approximate surface area is 92.0 Å². The molecule has 2 rings (SSSR count). The third kappa shape index (κ3) is 1.71. The smallest absolute Gasteiger partial charge is 0.374 e. The predicted molar refractivity (Wildman–Crippen MR) is 56.5 cm³/mol. The maximum atomic E-state index is 11.4. The van der Waals surface area contributed by atoms with Crippen LogP contribution in [-0.4, -0.2) is 24.7 Å². The number of ether oxygens (including phenoxy) is 2. The Morgan fingerprint density at radius 1 is 1.56 bits per heavy atom. The van der Waals surface area contributed by atoms with Gasteiger partial charge in [-0.2, -0.15) is 0 Å². The molecule has 0 bridgehead atoms. The van der Waals surface area contributed by atoms with Crippen molar-refractivity contribution in [3.63, 3.8) is 0 Å². The molecular formula is C11H11NO4. The van der Waals surface area contributed by atoms with E-state index in [9.17, 15) is 4.79 Å². The lowest BCUT2D eigenvalue weighted by molar-refractivity contribution is 0.0492. The van der Waals surface area contributed by atoms with Gasteiger partial charge >= 0.3 is 5.97 Å². The maximum Gasteiger partial charge on any atom is 0.374 e. The minimum Gasteiger partial charge on any atom is -0.493 e. The van der Waals surface area contributed by atoms with Crippen LogP contribution in [0.15, 0.2) is 22.7 Å². The van der Waals surface area contributed by atoms with Crippen LogP contribution in [0.5, 0.6) is 5.75 Å². The average Bonchev–Trinajstić information content (AvgIpc) is 2.72. The molecule has 0 saturated heterocycles. The molecule has 2 aromatic heterocycles. The second kappa shape index (κ2) is 4.22. The number of fused-ring (bicyclic) bond motifs is 1. The minimum atomic E-state index is -0.498. The van der Waals surface area contributed by atoms with E-state index in [1.54, 1.807) is 19.2 Å². The number of pyridine rings is 1. The van der Waals surface area contributed by atoms with Gasteiger partial charge in [0.15, 0.2) is 11.3 Å². The number of furan rings is 1. The molecule has 0 N–H and O–H groups in total. The Morgan fingerprint density at radius 2 is 2.38 bits per heavy atom. The number of rotatable bonds is 3. The topological polar surface area (TPSA) is 61.6 Å². The Hall–Kier alpha value is -2.04. The van der Waals surface area contributed by atoms with Gasteiger partial charge in [-0.25, -0.2) is 4.79 Å². The van der Waals surface area contributed by atoms with Gasteiger partial charge in [-0.15, -0.1) is 0 Å². The van der Waals surface area contributed by atoms with E-state index in [0.29, 0.717) is 23.5 Å². The third-order valence-electron chi connectivity index (χ3n) is 2.07. The summed E-state index contributed by atoms with van der Waals surface area (Å²) in [7, 11) is 1.53. The quantitative estimate of drug-likeness (QED) is 0.742. The average molecular weight is 221 g/mol. The Bertz CT molecular complexity index is 518. The maximum absolute atomic E-state index is 11.4. The molecule has 0 aliphatic heterocycles. The second-order valence-corrected chi connectivity index (χ2v) is 3.06. The first-order chi connectivity index (χ1) is 7.76. The molecule has 16 heavy (non-hydrogen) atoms. The number of hydrogen-bond acceptors (Lipinski definition) is 5.